The van der Waals surface area contributed by atoms with Crippen LogP contribution in [0.3, 0.4) is 0 Å². The first kappa shape index (κ1) is 15.0. The molecule has 0 aromatic carbocycles. The molecule has 1 heterocycles. The molecule has 5 nitrogen and oxygen atoms in total. The fraction of sp³-hybridized carbons (Fsp3) is 0.846. The van der Waals surface area contributed by atoms with Crippen LogP contribution in [0.15, 0.2) is 0 Å². The first-order valence-corrected chi connectivity index (χ1v) is 6.42. The van der Waals surface area contributed by atoms with Crippen molar-refractivity contribution >= 4 is 11.9 Å². The molecule has 0 saturated carbocycles. The van der Waals surface area contributed by atoms with E-state index in [2.05, 4.69) is 0 Å². The summed E-state index contributed by atoms with van der Waals surface area (Å²) in [6.45, 7) is 9.80. The molecule has 1 aliphatic heterocycles. The smallest absolute Gasteiger partial charge is 0.329 e. The van der Waals surface area contributed by atoms with Gasteiger partial charge in [-0.2, -0.15) is 0 Å². The summed E-state index contributed by atoms with van der Waals surface area (Å²) in [7, 11) is 0. The zero-order valence-electron chi connectivity index (χ0n) is 11.9. The second-order valence-corrected chi connectivity index (χ2v) is 6.15. The normalized spacial score (nSPS) is 22.5. The standard InChI is InChI=1S/C13H24N2O3/c1-8(2)10(12(17)18-13(3,4)5)15-7-6-9(14)11(15)16/h8-10H,6-7,14H2,1-5H3/t9-,10+/m0/s1. The number of amides is 1. The van der Waals surface area contributed by atoms with Crippen LogP contribution < -0.4 is 5.73 Å². The van der Waals surface area contributed by atoms with Crippen molar-refractivity contribution in [3.05, 3.63) is 0 Å². The Labute approximate surface area is 109 Å². The predicted molar refractivity (Wildman–Crippen MR) is 68.8 cm³/mol. The summed E-state index contributed by atoms with van der Waals surface area (Å²) in [6, 6.07) is -1.01. The van der Waals surface area contributed by atoms with E-state index in [0.717, 1.165) is 0 Å². The zero-order chi connectivity index (χ0) is 14.1. The summed E-state index contributed by atoms with van der Waals surface area (Å²) in [5.41, 5.74) is 5.14. The highest BCUT2D eigenvalue weighted by atomic mass is 16.6. The molecule has 1 rings (SSSR count). The number of hydrogen-bond donors (Lipinski definition) is 1. The Balaban J connectivity index is 2.84. The number of rotatable bonds is 3. The highest BCUT2D eigenvalue weighted by Gasteiger charge is 2.40. The molecule has 2 N–H and O–H groups in total. The molecule has 0 aliphatic carbocycles. The molecule has 104 valence electrons. The maximum atomic E-state index is 12.2. The molecule has 5 heteroatoms. The molecule has 1 fully saturated rings. The number of nitrogens with zero attached hydrogens (tertiary/aromatic N) is 1. The topological polar surface area (TPSA) is 72.6 Å². The largest absolute Gasteiger partial charge is 0.458 e. The van der Waals surface area contributed by atoms with E-state index in [1.165, 1.54) is 0 Å². The Morgan fingerprint density at radius 2 is 2.00 bits per heavy atom. The minimum atomic E-state index is -0.547. The van der Waals surface area contributed by atoms with Crippen LogP contribution in [-0.2, 0) is 14.3 Å². The SMILES string of the molecule is CC(C)[C@H](C(=O)OC(C)(C)C)N1CC[C@H](N)C1=O. The molecule has 2 atom stereocenters. The zero-order valence-corrected chi connectivity index (χ0v) is 11.9. The average Bonchev–Trinajstić information content (AvgIpc) is 2.46. The lowest BCUT2D eigenvalue weighted by Gasteiger charge is -2.32. The van der Waals surface area contributed by atoms with Crippen LogP contribution in [0.5, 0.6) is 0 Å². The van der Waals surface area contributed by atoms with Gasteiger partial charge in [0.15, 0.2) is 0 Å². The molecular formula is C13H24N2O3. The van der Waals surface area contributed by atoms with Crippen LogP contribution in [0, 0.1) is 5.92 Å². The third-order valence-corrected chi connectivity index (χ3v) is 2.90. The Hall–Kier alpha value is -1.10. The van der Waals surface area contributed by atoms with Gasteiger partial charge in [-0.3, -0.25) is 4.79 Å². The van der Waals surface area contributed by atoms with Gasteiger partial charge in [-0.25, -0.2) is 4.79 Å². The van der Waals surface area contributed by atoms with Crippen molar-refractivity contribution in [2.45, 2.75) is 58.7 Å². The number of esters is 1. The Morgan fingerprint density at radius 1 is 1.44 bits per heavy atom. The molecule has 0 aromatic rings. The molecule has 1 aliphatic rings. The second-order valence-electron chi connectivity index (χ2n) is 6.15. The van der Waals surface area contributed by atoms with Gasteiger partial charge in [0.1, 0.15) is 11.6 Å². The highest BCUT2D eigenvalue weighted by molar-refractivity contribution is 5.89. The molecule has 0 bridgehead atoms. The van der Waals surface area contributed by atoms with Crippen molar-refractivity contribution in [3.63, 3.8) is 0 Å². The quantitative estimate of drug-likeness (QED) is 0.762. The van der Waals surface area contributed by atoms with Gasteiger partial charge in [-0.15, -0.1) is 0 Å². The van der Waals surface area contributed by atoms with Crippen molar-refractivity contribution in [3.8, 4) is 0 Å². The van der Waals surface area contributed by atoms with Crippen molar-refractivity contribution < 1.29 is 14.3 Å². The van der Waals surface area contributed by atoms with Gasteiger partial charge in [0.2, 0.25) is 5.91 Å². The van der Waals surface area contributed by atoms with Gasteiger partial charge in [-0.1, -0.05) is 13.8 Å². The number of carbonyl (C=O) groups is 2. The molecule has 18 heavy (non-hydrogen) atoms. The lowest BCUT2D eigenvalue weighted by atomic mass is 10.0. The van der Waals surface area contributed by atoms with E-state index in [1.54, 1.807) is 4.90 Å². The van der Waals surface area contributed by atoms with E-state index in [4.69, 9.17) is 10.5 Å². The number of hydrogen-bond acceptors (Lipinski definition) is 4. The average molecular weight is 256 g/mol. The Morgan fingerprint density at radius 3 is 2.33 bits per heavy atom. The molecule has 0 aromatic heterocycles. The Bertz CT molecular complexity index is 334. The van der Waals surface area contributed by atoms with E-state index >= 15 is 0 Å². The van der Waals surface area contributed by atoms with Gasteiger partial charge in [-0.05, 0) is 33.1 Å². The minimum absolute atomic E-state index is 0.00843. The van der Waals surface area contributed by atoms with Gasteiger partial charge in [0.05, 0.1) is 6.04 Å². The molecule has 1 saturated heterocycles. The summed E-state index contributed by atoms with van der Waals surface area (Å²) >= 11 is 0. The van der Waals surface area contributed by atoms with Crippen molar-refractivity contribution in [1.29, 1.82) is 0 Å². The van der Waals surface area contributed by atoms with Gasteiger partial charge < -0.3 is 15.4 Å². The van der Waals surface area contributed by atoms with Crippen molar-refractivity contribution in [1.82, 2.24) is 4.90 Å². The first-order valence-electron chi connectivity index (χ1n) is 6.42. The van der Waals surface area contributed by atoms with E-state index < -0.39 is 17.7 Å². The number of carbonyl (C=O) groups excluding carboxylic acids is 2. The van der Waals surface area contributed by atoms with E-state index in [1.807, 2.05) is 34.6 Å². The molecular weight excluding hydrogens is 232 g/mol. The maximum Gasteiger partial charge on any atom is 0.329 e. The first-order chi connectivity index (χ1) is 8.13. The highest BCUT2D eigenvalue weighted by Crippen LogP contribution is 2.21. The molecule has 0 spiro atoms. The van der Waals surface area contributed by atoms with Gasteiger partial charge in [0.25, 0.3) is 0 Å². The summed E-state index contributed by atoms with van der Waals surface area (Å²) in [4.78, 5) is 25.7. The van der Waals surface area contributed by atoms with E-state index in [-0.39, 0.29) is 17.8 Å². The summed E-state index contributed by atoms with van der Waals surface area (Å²) in [5.74, 6) is -0.492. The minimum Gasteiger partial charge on any atom is -0.458 e. The number of nitrogens with two attached hydrogens (primary N) is 1. The maximum absolute atomic E-state index is 12.2. The monoisotopic (exact) mass is 256 g/mol. The van der Waals surface area contributed by atoms with E-state index in [9.17, 15) is 9.59 Å². The lowest BCUT2D eigenvalue weighted by molar-refractivity contribution is -0.165. The summed E-state index contributed by atoms with van der Waals surface area (Å²) in [5, 5.41) is 0. The van der Waals surface area contributed by atoms with Crippen LogP contribution in [0.1, 0.15) is 41.0 Å². The third kappa shape index (κ3) is 3.45. The summed E-state index contributed by atoms with van der Waals surface area (Å²) < 4.78 is 5.38. The fourth-order valence-electron chi connectivity index (χ4n) is 2.12. The van der Waals surface area contributed by atoms with Crippen molar-refractivity contribution in [2.24, 2.45) is 11.7 Å². The van der Waals surface area contributed by atoms with Gasteiger partial charge in [0, 0.05) is 6.54 Å². The van der Waals surface area contributed by atoms with Crippen LogP contribution in [0.4, 0.5) is 0 Å². The van der Waals surface area contributed by atoms with E-state index in [0.29, 0.717) is 13.0 Å². The fourth-order valence-corrected chi connectivity index (χ4v) is 2.12. The molecule has 0 radical (unpaired) electrons. The number of ether oxygens (including phenoxy) is 1. The van der Waals surface area contributed by atoms with Crippen LogP contribution in [-0.4, -0.2) is 41.0 Å². The Kier molecular flexibility index (Phi) is 4.37. The van der Waals surface area contributed by atoms with Crippen LogP contribution in [0.25, 0.3) is 0 Å². The number of likely N-dealkylation sites (tertiary alicyclic amines) is 1. The van der Waals surface area contributed by atoms with Gasteiger partial charge >= 0.3 is 5.97 Å². The second kappa shape index (κ2) is 5.26. The summed E-state index contributed by atoms with van der Waals surface area (Å²) in [6.07, 6.45) is 0.602. The lowest BCUT2D eigenvalue weighted by Crippen LogP contribution is -2.49. The molecule has 0 unspecified atom stereocenters. The van der Waals surface area contributed by atoms with Crippen LogP contribution >= 0.6 is 0 Å². The predicted octanol–water partition coefficient (Wildman–Crippen LogP) is 0.912. The van der Waals surface area contributed by atoms with Crippen molar-refractivity contribution in [2.75, 3.05) is 6.54 Å². The van der Waals surface area contributed by atoms with Crippen LogP contribution in [0.2, 0.25) is 0 Å². The molecule has 1 amide bonds. The third-order valence-electron chi connectivity index (χ3n) is 2.90.